The normalized spacial score (nSPS) is 21.0. The Morgan fingerprint density at radius 3 is 1.14 bits per heavy atom. The van der Waals surface area contributed by atoms with E-state index in [2.05, 4.69) is 10.6 Å². The van der Waals surface area contributed by atoms with Crippen LogP contribution in [0, 0.1) is 0 Å². The van der Waals surface area contributed by atoms with Crippen molar-refractivity contribution < 1.29 is 10.2 Å². The van der Waals surface area contributed by atoms with Crippen LogP contribution in [-0.4, -0.2) is 33.7 Å². The molecule has 86 valence electrons. The molecular formula is C10H24N2O2. The summed E-state index contributed by atoms with van der Waals surface area (Å²) in [5.41, 5.74) is -2.71. The molecule has 0 bridgehead atoms. The molecule has 4 N–H and O–H groups in total. The van der Waals surface area contributed by atoms with Crippen molar-refractivity contribution in [3.8, 4) is 0 Å². The molecule has 0 amide bonds. The Labute approximate surface area is 86.7 Å². The van der Waals surface area contributed by atoms with Gasteiger partial charge in [0.15, 0.2) is 11.4 Å². The average molecular weight is 204 g/mol. The topological polar surface area (TPSA) is 64.5 Å². The van der Waals surface area contributed by atoms with Gasteiger partial charge in [0.1, 0.15) is 0 Å². The lowest BCUT2D eigenvalue weighted by atomic mass is 10.0. The third kappa shape index (κ3) is 3.92. The van der Waals surface area contributed by atoms with Crippen LogP contribution in [0.4, 0.5) is 0 Å². The molecule has 14 heavy (non-hydrogen) atoms. The zero-order valence-electron chi connectivity index (χ0n) is 10.0. The monoisotopic (exact) mass is 204 g/mol. The van der Waals surface area contributed by atoms with Gasteiger partial charge >= 0.3 is 0 Å². The van der Waals surface area contributed by atoms with Crippen molar-refractivity contribution in [3.05, 3.63) is 0 Å². The molecule has 0 aliphatic heterocycles. The van der Waals surface area contributed by atoms with Gasteiger partial charge in [-0.1, -0.05) is 0 Å². The zero-order chi connectivity index (χ0) is 11.6. The molecule has 4 nitrogen and oxygen atoms in total. The fourth-order valence-electron chi connectivity index (χ4n) is 1.41. The first-order chi connectivity index (χ1) is 6.08. The summed E-state index contributed by atoms with van der Waals surface area (Å²) in [4.78, 5) is 0. The highest BCUT2D eigenvalue weighted by molar-refractivity contribution is 4.91. The molecule has 0 heterocycles. The van der Waals surface area contributed by atoms with E-state index in [0.29, 0.717) is 0 Å². The summed E-state index contributed by atoms with van der Waals surface area (Å²) in [6, 6.07) is 0.205. The Bertz CT molecular complexity index is 157. The molecule has 0 rings (SSSR count). The van der Waals surface area contributed by atoms with Gasteiger partial charge in [-0.05, 0) is 41.5 Å². The summed E-state index contributed by atoms with van der Waals surface area (Å²) in [5.74, 6) is 0. The Balaban J connectivity index is 4.51. The maximum absolute atomic E-state index is 10.0. The van der Waals surface area contributed by atoms with E-state index < -0.39 is 11.4 Å². The number of hydrogen-bond acceptors (Lipinski definition) is 4. The van der Waals surface area contributed by atoms with Crippen molar-refractivity contribution in [1.82, 2.24) is 10.6 Å². The number of aliphatic hydroxyl groups is 2. The highest BCUT2D eigenvalue weighted by atomic mass is 16.4. The minimum Gasteiger partial charge on any atom is -0.372 e. The zero-order valence-corrected chi connectivity index (χ0v) is 10.0. The molecule has 0 aliphatic rings. The van der Waals surface area contributed by atoms with Gasteiger partial charge in [-0.2, -0.15) is 0 Å². The molecular weight excluding hydrogens is 180 g/mol. The van der Waals surface area contributed by atoms with E-state index in [9.17, 15) is 10.2 Å². The smallest absolute Gasteiger partial charge is 0.155 e. The molecule has 0 aromatic carbocycles. The Kier molecular flexibility index (Phi) is 4.52. The van der Waals surface area contributed by atoms with E-state index in [1.807, 2.05) is 27.7 Å². The van der Waals surface area contributed by atoms with Gasteiger partial charge in [0.2, 0.25) is 0 Å². The summed E-state index contributed by atoms with van der Waals surface area (Å²) in [7, 11) is 0. The van der Waals surface area contributed by atoms with Crippen LogP contribution in [0.2, 0.25) is 0 Å². The lowest BCUT2D eigenvalue weighted by Gasteiger charge is -2.42. The molecule has 0 fully saturated rings. The van der Waals surface area contributed by atoms with Crippen LogP contribution in [-0.2, 0) is 0 Å². The van der Waals surface area contributed by atoms with Crippen LogP contribution in [0.25, 0.3) is 0 Å². The lowest BCUT2D eigenvalue weighted by molar-refractivity contribution is -0.174. The van der Waals surface area contributed by atoms with E-state index in [0.717, 1.165) is 0 Å². The van der Waals surface area contributed by atoms with Crippen LogP contribution < -0.4 is 10.6 Å². The minimum absolute atomic E-state index is 0.102. The van der Waals surface area contributed by atoms with Crippen LogP contribution in [0.1, 0.15) is 41.5 Å². The number of rotatable bonds is 5. The van der Waals surface area contributed by atoms with Crippen molar-refractivity contribution in [2.24, 2.45) is 0 Å². The van der Waals surface area contributed by atoms with Gasteiger partial charge in [0.25, 0.3) is 0 Å². The second-order valence-electron chi connectivity index (χ2n) is 4.74. The summed E-state index contributed by atoms with van der Waals surface area (Å²) >= 11 is 0. The molecule has 0 saturated carbocycles. The van der Waals surface area contributed by atoms with Crippen molar-refractivity contribution in [1.29, 1.82) is 0 Å². The molecule has 0 spiro atoms. The van der Waals surface area contributed by atoms with E-state index in [4.69, 9.17) is 0 Å². The predicted octanol–water partition coefficient (Wildman–Crippen LogP) is 0.399. The predicted molar refractivity (Wildman–Crippen MR) is 57.8 cm³/mol. The van der Waals surface area contributed by atoms with Gasteiger partial charge in [-0.3, -0.25) is 10.6 Å². The van der Waals surface area contributed by atoms with Crippen LogP contribution in [0.15, 0.2) is 0 Å². The molecule has 0 aliphatic carbocycles. The second kappa shape index (κ2) is 4.57. The summed E-state index contributed by atoms with van der Waals surface area (Å²) in [6.45, 7) is 10.8. The summed E-state index contributed by atoms with van der Waals surface area (Å²) in [6.07, 6.45) is 0. The highest BCUT2D eigenvalue weighted by Gasteiger charge is 2.42. The van der Waals surface area contributed by atoms with Gasteiger partial charge in [-0.15, -0.1) is 0 Å². The average Bonchev–Trinajstić information content (AvgIpc) is 1.78. The van der Waals surface area contributed by atoms with E-state index in [1.54, 1.807) is 13.8 Å². The third-order valence-electron chi connectivity index (χ3n) is 2.09. The Morgan fingerprint density at radius 2 is 1.00 bits per heavy atom. The molecule has 0 aromatic rings. The van der Waals surface area contributed by atoms with E-state index in [1.165, 1.54) is 0 Å². The first-order valence-corrected chi connectivity index (χ1v) is 5.08. The minimum atomic E-state index is -1.36. The fraction of sp³-hybridized carbons (Fsp3) is 1.00. The molecule has 0 saturated heterocycles. The largest absolute Gasteiger partial charge is 0.372 e. The number of hydrogen-bond donors (Lipinski definition) is 4. The molecule has 4 heteroatoms. The van der Waals surface area contributed by atoms with Crippen molar-refractivity contribution in [2.75, 3.05) is 0 Å². The van der Waals surface area contributed by atoms with Crippen molar-refractivity contribution >= 4 is 0 Å². The quantitative estimate of drug-likeness (QED) is 0.490. The van der Waals surface area contributed by atoms with Gasteiger partial charge in [-0.25, -0.2) is 0 Å². The molecule has 0 aromatic heterocycles. The maximum atomic E-state index is 10.0. The molecule has 0 radical (unpaired) electrons. The number of nitrogens with one attached hydrogen (secondary N) is 2. The SMILES string of the molecule is CC(C)NC(C)(O)C(C)(O)NC(C)C. The highest BCUT2D eigenvalue weighted by Crippen LogP contribution is 2.17. The Morgan fingerprint density at radius 1 is 0.786 bits per heavy atom. The summed E-state index contributed by atoms with van der Waals surface area (Å²) in [5, 5.41) is 25.9. The van der Waals surface area contributed by atoms with Gasteiger partial charge in [0.05, 0.1) is 0 Å². The standard InChI is InChI=1S/C10H24N2O2/c1-7(2)11-9(5,13)10(6,14)12-8(3)4/h7-8,11-14H,1-6H3. The fourth-order valence-corrected chi connectivity index (χ4v) is 1.41. The second-order valence-corrected chi connectivity index (χ2v) is 4.74. The van der Waals surface area contributed by atoms with Crippen molar-refractivity contribution in [2.45, 2.75) is 65.1 Å². The third-order valence-corrected chi connectivity index (χ3v) is 2.09. The van der Waals surface area contributed by atoms with Crippen LogP contribution in [0.3, 0.4) is 0 Å². The van der Waals surface area contributed by atoms with E-state index >= 15 is 0 Å². The molecule has 2 atom stereocenters. The van der Waals surface area contributed by atoms with E-state index in [-0.39, 0.29) is 12.1 Å². The lowest BCUT2D eigenvalue weighted by Crippen LogP contribution is -2.68. The summed E-state index contributed by atoms with van der Waals surface area (Å²) < 4.78 is 0. The van der Waals surface area contributed by atoms with Crippen LogP contribution in [0.5, 0.6) is 0 Å². The van der Waals surface area contributed by atoms with Crippen molar-refractivity contribution in [3.63, 3.8) is 0 Å². The molecule has 2 unspecified atom stereocenters. The van der Waals surface area contributed by atoms with Gasteiger partial charge in [0, 0.05) is 12.1 Å². The Hall–Kier alpha value is -0.160. The maximum Gasteiger partial charge on any atom is 0.155 e. The van der Waals surface area contributed by atoms with Crippen LogP contribution >= 0.6 is 0 Å². The van der Waals surface area contributed by atoms with Gasteiger partial charge < -0.3 is 10.2 Å². The first kappa shape index (κ1) is 13.8. The first-order valence-electron chi connectivity index (χ1n) is 5.08.